The van der Waals surface area contributed by atoms with Crippen molar-refractivity contribution in [3.8, 4) is 5.75 Å². The largest absolute Gasteiger partial charge is 0.484 e. The molecule has 8 heteroatoms. The smallest absolute Gasteiger partial charge is 0.261 e. The minimum absolute atomic E-state index is 0.0782. The predicted molar refractivity (Wildman–Crippen MR) is 106 cm³/mol. The zero-order valence-corrected chi connectivity index (χ0v) is 16.5. The molecule has 2 N–H and O–H groups in total. The molecule has 0 unspecified atom stereocenters. The molecule has 1 aliphatic rings. The van der Waals surface area contributed by atoms with Crippen LogP contribution in [0.3, 0.4) is 0 Å². The summed E-state index contributed by atoms with van der Waals surface area (Å²) >= 11 is 0. The van der Waals surface area contributed by atoms with Gasteiger partial charge in [0.25, 0.3) is 15.9 Å². The fourth-order valence-electron chi connectivity index (χ4n) is 2.78. The van der Waals surface area contributed by atoms with Gasteiger partial charge in [-0.25, -0.2) is 8.42 Å². The Morgan fingerprint density at radius 1 is 1.14 bits per heavy atom. The molecule has 1 amide bonds. The molecule has 0 aliphatic carbocycles. The quantitative estimate of drug-likeness (QED) is 0.705. The molecule has 0 radical (unpaired) electrons. The number of anilines is 1. The SMILES string of the molecule is Cc1ccc(NS(=O)(=O)c2ccc(OCC(=O)NC[C@H]3CCCO3)cc2)cc1. The van der Waals surface area contributed by atoms with Gasteiger partial charge in [0.15, 0.2) is 6.61 Å². The molecule has 2 aromatic rings. The third kappa shape index (κ3) is 5.71. The van der Waals surface area contributed by atoms with E-state index in [1.54, 1.807) is 12.1 Å². The van der Waals surface area contributed by atoms with Crippen molar-refractivity contribution in [2.24, 2.45) is 0 Å². The van der Waals surface area contributed by atoms with Crippen LogP contribution in [-0.2, 0) is 19.6 Å². The van der Waals surface area contributed by atoms with E-state index in [4.69, 9.17) is 9.47 Å². The Morgan fingerprint density at radius 2 is 1.86 bits per heavy atom. The standard InChI is InChI=1S/C20H24N2O5S/c1-15-4-6-16(7-5-15)22-28(24,25)19-10-8-17(9-11-19)27-14-20(23)21-13-18-3-2-12-26-18/h4-11,18,22H,2-3,12-14H2,1H3,(H,21,23)/t18-/m1/s1. The van der Waals surface area contributed by atoms with Crippen molar-refractivity contribution < 1.29 is 22.7 Å². The first-order chi connectivity index (χ1) is 13.4. The zero-order valence-electron chi connectivity index (χ0n) is 15.7. The number of benzene rings is 2. The van der Waals surface area contributed by atoms with Crippen LogP contribution in [0.5, 0.6) is 5.75 Å². The van der Waals surface area contributed by atoms with E-state index in [1.165, 1.54) is 24.3 Å². The minimum Gasteiger partial charge on any atom is -0.484 e. The van der Waals surface area contributed by atoms with Gasteiger partial charge >= 0.3 is 0 Å². The second-order valence-electron chi connectivity index (χ2n) is 6.67. The van der Waals surface area contributed by atoms with E-state index in [0.29, 0.717) is 18.0 Å². The molecule has 28 heavy (non-hydrogen) atoms. The monoisotopic (exact) mass is 404 g/mol. The number of rotatable bonds is 8. The summed E-state index contributed by atoms with van der Waals surface area (Å²) in [5.74, 6) is 0.176. The van der Waals surface area contributed by atoms with Gasteiger partial charge < -0.3 is 14.8 Å². The summed E-state index contributed by atoms with van der Waals surface area (Å²) < 4.78 is 38.3. The fraction of sp³-hybridized carbons (Fsp3) is 0.350. The number of carbonyl (C=O) groups excluding carboxylic acids is 1. The van der Waals surface area contributed by atoms with E-state index in [9.17, 15) is 13.2 Å². The van der Waals surface area contributed by atoms with E-state index in [1.807, 2.05) is 19.1 Å². The molecule has 0 saturated carbocycles. The number of carbonyl (C=O) groups is 1. The van der Waals surface area contributed by atoms with Crippen LogP contribution in [0.4, 0.5) is 5.69 Å². The van der Waals surface area contributed by atoms with Crippen molar-refractivity contribution in [3.05, 3.63) is 54.1 Å². The molecule has 1 atom stereocenters. The Hall–Kier alpha value is -2.58. The van der Waals surface area contributed by atoms with Gasteiger partial charge in [0.1, 0.15) is 5.75 Å². The van der Waals surface area contributed by atoms with Crippen molar-refractivity contribution >= 4 is 21.6 Å². The molecule has 0 aromatic heterocycles. The lowest BCUT2D eigenvalue weighted by Gasteiger charge is -2.12. The first-order valence-electron chi connectivity index (χ1n) is 9.13. The Labute approximate surface area is 165 Å². The molecule has 0 spiro atoms. The van der Waals surface area contributed by atoms with Crippen LogP contribution >= 0.6 is 0 Å². The second-order valence-corrected chi connectivity index (χ2v) is 8.35. The summed E-state index contributed by atoms with van der Waals surface area (Å²) in [6.45, 7) is 3.01. The van der Waals surface area contributed by atoms with Gasteiger partial charge in [-0.1, -0.05) is 17.7 Å². The summed E-state index contributed by atoms with van der Waals surface area (Å²) in [4.78, 5) is 11.9. The fourth-order valence-corrected chi connectivity index (χ4v) is 3.84. The normalized spacial score (nSPS) is 16.5. The summed E-state index contributed by atoms with van der Waals surface area (Å²) in [5, 5.41) is 2.77. The Kier molecular flexibility index (Phi) is 6.53. The van der Waals surface area contributed by atoms with E-state index in [2.05, 4.69) is 10.0 Å². The van der Waals surface area contributed by atoms with E-state index >= 15 is 0 Å². The average Bonchev–Trinajstić information content (AvgIpc) is 3.20. The summed E-state index contributed by atoms with van der Waals surface area (Å²) in [7, 11) is -3.69. The molecule has 0 bridgehead atoms. The third-order valence-electron chi connectivity index (χ3n) is 4.36. The van der Waals surface area contributed by atoms with Crippen LogP contribution in [0.1, 0.15) is 18.4 Å². The van der Waals surface area contributed by atoms with Gasteiger partial charge in [-0.15, -0.1) is 0 Å². The average molecular weight is 404 g/mol. The lowest BCUT2D eigenvalue weighted by molar-refractivity contribution is -0.123. The molecule has 150 valence electrons. The van der Waals surface area contributed by atoms with Crippen molar-refractivity contribution in [1.82, 2.24) is 5.32 Å². The maximum Gasteiger partial charge on any atom is 0.261 e. The summed E-state index contributed by atoms with van der Waals surface area (Å²) in [5.41, 5.74) is 1.54. The first kappa shape index (κ1) is 20.2. The van der Waals surface area contributed by atoms with Crippen LogP contribution in [-0.4, -0.2) is 40.2 Å². The lowest BCUT2D eigenvalue weighted by Crippen LogP contribution is -2.35. The Bertz CT molecular complexity index is 889. The van der Waals surface area contributed by atoms with Crippen molar-refractivity contribution in [2.45, 2.75) is 30.8 Å². The second kappa shape index (κ2) is 9.07. The zero-order chi connectivity index (χ0) is 20.0. The first-order valence-corrected chi connectivity index (χ1v) is 10.6. The molecular formula is C20H24N2O5S. The van der Waals surface area contributed by atoms with Crippen LogP contribution in [0, 0.1) is 6.92 Å². The summed E-state index contributed by atoms with van der Waals surface area (Å²) in [6.07, 6.45) is 2.05. The van der Waals surface area contributed by atoms with Gasteiger partial charge in [-0.3, -0.25) is 9.52 Å². The maximum absolute atomic E-state index is 12.4. The van der Waals surface area contributed by atoms with Crippen LogP contribution in [0.25, 0.3) is 0 Å². The number of aryl methyl sites for hydroxylation is 1. The Morgan fingerprint density at radius 3 is 2.50 bits per heavy atom. The van der Waals surface area contributed by atoms with Gasteiger partial charge in [0.2, 0.25) is 0 Å². The number of amides is 1. The molecule has 1 heterocycles. The van der Waals surface area contributed by atoms with E-state index in [0.717, 1.165) is 25.0 Å². The number of sulfonamides is 1. The molecular weight excluding hydrogens is 380 g/mol. The van der Waals surface area contributed by atoms with Gasteiger partial charge in [0.05, 0.1) is 11.0 Å². The molecule has 1 fully saturated rings. The molecule has 2 aromatic carbocycles. The van der Waals surface area contributed by atoms with Crippen LogP contribution < -0.4 is 14.8 Å². The van der Waals surface area contributed by atoms with Crippen LogP contribution in [0.2, 0.25) is 0 Å². The van der Waals surface area contributed by atoms with Gasteiger partial charge in [0, 0.05) is 18.8 Å². The maximum atomic E-state index is 12.4. The predicted octanol–water partition coefficient (Wildman–Crippen LogP) is 2.47. The van der Waals surface area contributed by atoms with E-state index < -0.39 is 10.0 Å². The minimum atomic E-state index is -3.69. The highest BCUT2D eigenvalue weighted by molar-refractivity contribution is 7.92. The molecule has 1 saturated heterocycles. The molecule has 1 aliphatic heterocycles. The number of hydrogen-bond acceptors (Lipinski definition) is 5. The lowest BCUT2D eigenvalue weighted by atomic mass is 10.2. The van der Waals surface area contributed by atoms with Crippen molar-refractivity contribution in [1.29, 1.82) is 0 Å². The highest BCUT2D eigenvalue weighted by Crippen LogP contribution is 2.19. The van der Waals surface area contributed by atoms with E-state index in [-0.39, 0.29) is 23.5 Å². The number of ether oxygens (including phenoxy) is 2. The van der Waals surface area contributed by atoms with Gasteiger partial charge in [-0.2, -0.15) is 0 Å². The molecule has 3 rings (SSSR count). The number of nitrogens with one attached hydrogen (secondary N) is 2. The summed E-state index contributed by atoms with van der Waals surface area (Å²) in [6, 6.07) is 13.0. The van der Waals surface area contributed by atoms with Gasteiger partial charge in [-0.05, 0) is 56.2 Å². The van der Waals surface area contributed by atoms with Crippen molar-refractivity contribution in [2.75, 3.05) is 24.5 Å². The molecule has 7 nitrogen and oxygen atoms in total. The topological polar surface area (TPSA) is 93.7 Å². The third-order valence-corrected chi connectivity index (χ3v) is 5.76. The highest BCUT2D eigenvalue weighted by Gasteiger charge is 2.17. The van der Waals surface area contributed by atoms with Crippen LogP contribution in [0.15, 0.2) is 53.4 Å². The van der Waals surface area contributed by atoms with Crippen molar-refractivity contribution in [3.63, 3.8) is 0 Å². The highest BCUT2D eigenvalue weighted by atomic mass is 32.2. The number of hydrogen-bond donors (Lipinski definition) is 2. The Balaban J connectivity index is 1.50.